The van der Waals surface area contributed by atoms with Crippen LogP contribution in [0.5, 0.6) is 11.5 Å². The molecule has 0 saturated carbocycles. The number of rotatable bonds is 5. The van der Waals surface area contributed by atoms with Crippen molar-refractivity contribution in [3.05, 3.63) is 53.3 Å². The first-order valence-electron chi connectivity index (χ1n) is 11.2. The maximum Gasteiger partial charge on any atom is 0.250 e. The number of primary amides is 1. The lowest BCUT2D eigenvalue weighted by atomic mass is 9.76. The maximum absolute atomic E-state index is 14.3. The van der Waals surface area contributed by atoms with Crippen LogP contribution in [0.15, 0.2) is 36.4 Å². The van der Waals surface area contributed by atoms with Gasteiger partial charge in [-0.05, 0) is 42.3 Å². The number of benzene rings is 2. The van der Waals surface area contributed by atoms with E-state index in [0.717, 1.165) is 4.90 Å². The van der Waals surface area contributed by atoms with E-state index in [0.29, 0.717) is 22.7 Å². The summed E-state index contributed by atoms with van der Waals surface area (Å²) in [5, 5.41) is 5.86. The van der Waals surface area contributed by atoms with Gasteiger partial charge >= 0.3 is 0 Å². The van der Waals surface area contributed by atoms with Crippen molar-refractivity contribution < 1.29 is 33.0 Å². The Morgan fingerprint density at radius 1 is 1.11 bits per heavy atom. The topological polar surface area (TPSA) is 140 Å². The summed E-state index contributed by atoms with van der Waals surface area (Å²) in [7, 11) is 0. The average molecular weight is 480 g/mol. The van der Waals surface area contributed by atoms with E-state index in [-0.39, 0.29) is 31.7 Å². The highest BCUT2D eigenvalue weighted by Crippen LogP contribution is 2.53. The van der Waals surface area contributed by atoms with E-state index < -0.39 is 52.9 Å². The van der Waals surface area contributed by atoms with E-state index in [2.05, 4.69) is 10.6 Å². The summed E-state index contributed by atoms with van der Waals surface area (Å²) in [6.45, 7) is 0.0584. The van der Waals surface area contributed by atoms with Gasteiger partial charge in [0.15, 0.2) is 11.5 Å². The van der Waals surface area contributed by atoms with Crippen LogP contribution in [0.4, 0.5) is 10.1 Å². The maximum atomic E-state index is 14.3. The second-order valence-corrected chi connectivity index (χ2v) is 9.16. The van der Waals surface area contributed by atoms with E-state index in [1.54, 1.807) is 18.2 Å². The third-order valence-corrected chi connectivity index (χ3v) is 7.25. The monoisotopic (exact) mass is 480 g/mol. The van der Waals surface area contributed by atoms with Gasteiger partial charge < -0.3 is 20.5 Å². The van der Waals surface area contributed by atoms with Crippen molar-refractivity contribution in [3.63, 3.8) is 0 Å². The highest BCUT2D eigenvalue weighted by molar-refractivity contribution is 6.15. The molecule has 4 N–H and O–H groups in total. The minimum Gasteiger partial charge on any atom is -0.454 e. The molecule has 11 heteroatoms. The number of anilines is 1. The SMILES string of the molecule is NC(=O)CC[C@H]1N[C@]2(C(=O)Nc3ccc(F)cc32)[C@@H]2C(=O)N(Cc3ccc4c(c3)OCO4)C(=O)[C@@H]21. The smallest absolute Gasteiger partial charge is 0.250 e. The summed E-state index contributed by atoms with van der Waals surface area (Å²) in [5.74, 6) is -3.64. The summed E-state index contributed by atoms with van der Waals surface area (Å²) in [6.07, 6.45) is 0.102. The zero-order valence-electron chi connectivity index (χ0n) is 18.4. The van der Waals surface area contributed by atoms with Gasteiger partial charge in [-0.3, -0.25) is 29.4 Å². The lowest BCUT2D eigenvalue weighted by Gasteiger charge is -2.29. The number of fused-ring (bicyclic) bond motifs is 5. The Balaban J connectivity index is 1.40. The molecule has 0 aliphatic carbocycles. The minimum atomic E-state index is -1.64. The van der Waals surface area contributed by atoms with Gasteiger partial charge in [0.1, 0.15) is 11.4 Å². The predicted molar refractivity (Wildman–Crippen MR) is 117 cm³/mol. The van der Waals surface area contributed by atoms with Gasteiger partial charge in [0.05, 0.1) is 18.4 Å². The molecule has 2 fully saturated rings. The first-order valence-corrected chi connectivity index (χ1v) is 11.2. The summed E-state index contributed by atoms with van der Waals surface area (Å²) < 4.78 is 25.0. The van der Waals surface area contributed by atoms with Crippen molar-refractivity contribution in [3.8, 4) is 11.5 Å². The van der Waals surface area contributed by atoms with Crippen molar-refractivity contribution in [2.45, 2.75) is 31.0 Å². The normalized spacial score (nSPS) is 28.0. The molecule has 0 radical (unpaired) electrons. The number of carbonyl (C=O) groups is 4. The number of nitrogens with two attached hydrogens (primary N) is 1. The molecule has 35 heavy (non-hydrogen) atoms. The van der Waals surface area contributed by atoms with Crippen LogP contribution in [-0.2, 0) is 31.3 Å². The van der Waals surface area contributed by atoms with Crippen LogP contribution in [0.25, 0.3) is 0 Å². The number of amides is 4. The third kappa shape index (κ3) is 3.04. The Morgan fingerprint density at radius 3 is 2.71 bits per heavy atom. The summed E-state index contributed by atoms with van der Waals surface area (Å²) in [6, 6.07) is 8.28. The van der Waals surface area contributed by atoms with E-state index in [4.69, 9.17) is 15.2 Å². The van der Waals surface area contributed by atoms with Gasteiger partial charge in [-0.25, -0.2) is 4.39 Å². The number of carbonyl (C=O) groups excluding carboxylic acids is 4. The first-order chi connectivity index (χ1) is 16.8. The summed E-state index contributed by atoms with van der Waals surface area (Å²) in [4.78, 5) is 53.3. The van der Waals surface area contributed by atoms with Gasteiger partial charge in [0.25, 0.3) is 0 Å². The summed E-state index contributed by atoms with van der Waals surface area (Å²) in [5.41, 5.74) is 4.98. The molecule has 2 saturated heterocycles. The number of nitrogens with one attached hydrogen (secondary N) is 2. The molecule has 0 unspecified atom stereocenters. The van der Waals surface area contributed by atoms with Crippen LogP contribution < -0.4 is 25.8 Å². The summed E-state index contributed by atoms with van der Waals surface area (Å²) >= 11 is 0. The van der Waals surface area contributed by atoms with Gasteiger partial charge in [-0.15, -0.1) is 0 Å². The van der Waals surface area contributed by atoms with Crippen molar-refractivity contribution in [2.75, 3.05) is 12.1 Å². The molecule has 1 spiro atoms. The molecule has 10 nitrogen and oxygen atoms in total. The molecule has 4 amide bonds. The zero-order valence-corrected chi connectivity index (χ0v) is 18.4. The minimum absolute atomic E-state index is 0.0302. The van der Waals surface area contributed by atoms with Crippen LogP contribution in [-0.4, -0.2) is 41.4 Å². The van der Waals surface area contributed by atoms with E-state index in [1.165, 1.54) is 18.2 Å². The van der Waals surface area contributed by atoms with Crippen molar-refractivity contribution >= 4 is 29.3 Å². The lowest BCUT2D eigenvalue weighted by molar-refractivity contribution is -0.143. The Morgan fingerprint density at radius 2 is 1.91 bits per heavy atom. The van der Waals surface area contributed by atoms with E-state index >= 15 is 0 Å². The van der Waals surface area contributed by atoms with Crippen molar-refractivity contribution in [2.24, 2.45) is 17.6 Å². The molecular formula is C24H21FN4O6. The van der Waals surface area contributed by atoms with Crippen LogP contribution in [0.2, 0.25) is 0 Å². The van der Waals surface area contributed by atoms with Crippen LogP contribution >= 0.6 is 0 Å². The Labute approximate surface area is 198 Å². The van der Waals surface area contributed by atoms with Gasteiger partial charge in [0, 0.05) is 23.7 Å². The van der Waals surface area contributed by atoms with Gasteiger partial charge in [-0.2, -0.15) is 0 Å². The number of imide groups is 1. The Bertz CT molecular complexity index is 1310. The molecule has 2 aromatic carbocycles. The number of halogens is 1. The molecule has 6 rings (SSSR count). The van der Waals surface area contributed by atoms with Crippen LogP contribution in [0, 0.1) is 17.7 Å². The van der Waals surface area contributed by atoms with E-state index in [9.17, 15) is 23.6 Å². The molecule has 4 aliphatic rings. The highest BCUT2D eigenvalue weighted by atomic mass is 19.1. The number of hydrogen-bond donors (Lipinski definition) is 3. The first kappa shape index (κ1) is 21.5. The van der Waals surface area contributed by atoms with Crippen LogP contribution in [0.3, 0.4) is 0 Å². The molecule has 4 heterocycles. The van der Waals surface area contributed by atoms with Crippen LogP contribution in [0.1, 0.15) is 24.0 Å². The Kier molecular flexibility index (Phi) is 4.62. The quantitative estimate of drug-likeness (QED) is 0.536. The fourth-order valence-corrected chi connectivity index (χ4v) is 5.76. The standard InChI is InChI=1S/C24H21FN4O6/c25-12-2-3-14-13(8-12)24(23(33)27-14)20-19(15(28-24)4-6-18(26)30)21(31)29(22(20)32)9-11-1-5-16-17(7-11)35-10-34-16/h1-3,5,7-8,15,19-20,28H,4,6,9-10H2,(H2,26,30)(H,27,33)/t15-,19-,20+,24+/m1/s1. The second-order valence-electron chi connectivity index (χ2n) is 9.16. The van der Waals surface area contributed by atoms with Gasteiger partial charge in [-0.1, -0.05) is 6.07 Å². The molecule has 0 aromatic heterocycles. The van der Waals surface area contributed by atoms with Crippen molar-refractivity contribution in [1.29, 1.82) is 0 Å². The highest BCUT2D eigenvalue weighted by Gasteiger charge is 2.70. The predicted octanol–water partition coefficient (Wildman–Crippen LogP) is 0.740. The number of nitrogens with zero attached hydrogens (tertiary/aromatic N) is 1. The molecule has 2 aromatic rings. The molecule has 4 atom stereocenters. The fraction of sp³-hybridized carbons (Fsp3) is 0.333. The van der Waals surface area contributed by atoms with Crippen molar-refractivity contribution in [1.82, 2.24) is 10.2 Å². The zero-order chi connectivity index (χ0) is 24.5. The fourth-order valence-electron chi connectivity index (χ4n) is 5.76. The molecule has 180 valence electrons. The average Bonchev–Trinajstić information content (AvgIpc) is 3.55. The lowest BCUT2D eigenvalue weighted by Crippen LogP contribution is -2.53. The Hall–Kier alpha value is -3.99. The number of ether oxygens (including phenoxy) is 2. The second kappa shape index (κ2) is 7.51. The molecular weight excluding hydrogens is 459 g/mol. The molecule has 4 aliphatic heterocycles. The number of likely N-dealkylation sites (tertiary alicyclic amines) is 1. The largest absolute Gasteiger partial charge is 0.454 e. The van der Waals surface area contributed by atoms with Gasteiger partial charge in [0.2, 0.25) is 30.4 Å². The third-order valence-electron chi connectivity index (χ3n) is 7.25. The number of hydrogen-bond acceptors (Lipinski definition) is 7. The molecule has 0 bridgehead atoms. The van der Waals surface area contributed by atoms with E-state index in [1.807, 2.05) is 0 Å².